The molecule has 1 heterocycles. The Morgan fingerprint density at radius 1 is 1.32 bits per heavy atom. The van der Waals surface area contributed by atoms with Crippen LogP contribution < -0.4 is 5.32 Å². The van der Waals surface area contributed by atoms with E-state index in [1.54, 1.807) is 0 Å². The number of nitrogens with zero attached hydrogens (tertiary/aromatic N) is 1. The molecular formula is C14H24N2O3. The molecule has 2 fully saturated rings. The third-order valence-electron chi connectivity index (χ3n) is 4.73. The Hall–Kier alpha value is -1.26. The van der Waals surface area contributed by atoms with Crippen molar-refractivity contribution in [3.8, 4) is 0 Å². The Morgan fingerprint density at radius 3 is 2.58 bits per heavy atom. The van der Waals surface area contributed by atoms with Crippen LogP contribution in [0, 0.1) is 5.92 Å². The number of carboxylic acid groups (broad SMARTS) is 1. The predicted octanol–water partition coefficient (Wildman–Crippen LogP) is 2.22. The molecule has 0 radical (unpaired) electrons. The third-order valence-corrected chi connectivity index (χ3v) is 4.73. The normalized spacial score (nSPS) is 27.7. The molecular weight excluding hydrogens is 244 g/mol. The van der Waals surface area contributed by atoms with Crippen molar-refractivity contribution in [1.82, 2.24) is 10.2 Å². The highest BCUT2D eigenvalue weighted by molar-refractivity contribution is 5.87. The van der Waals surface area contributed by atoms with Crippen molar-refractivity contribution >= 4 is 12.0 Å². The van der Waals surface area contributed by atoms with Gasteiger partial charge in [0, 0.05) is 13.1 Å². The van der Waals surface area contributed by atoms with Crippen molar-refractivity contribution in [2.24, 2.45) is 5.92 Å². The number of likely N-dealkylation sites (tertiary alicyclic amines) is 1. The van der Waals surface area contributed by atoms with Crippen LogP contribution in [0.2, 0.25) is 0 Å². The molecule has 2 N–H and O–H groups in total. The average Bonchev–Trinajstić information content (AvgIpc) is 3.05. The van der Waals surface area contributed by atoms with Gasteiger partial charge in [-0.1, -0.05) is 19.8 Å². The lowest BCUT2D eigenvalue weighted by molar-refractivity contribution is -0.148. The molecule has 0 aromatic carbocycles. The number of aliphatic carboxylic acids is 1. The highest BCUT2D eigenvalue weighted by Crippen LogP contribution is 2.33. The smallest absolute Gasteiger partial charge is 0.329 e. The summed E-state index contributed by atoms with van der Waals surface area (Å²) >= 11 is 0. The van der Waals surface area contributed by atoms with E-state index in [1.807, 2.05) is 6.92 Å². The molecule has 5 heteroatoms. The van der Waals surface area contributed by atoms with Crippen molar-refractivity contribution < 1.29 is 14.7 Å². The molecule has 2 amide bonds. The maximum absolute atomic E-state index is 12.2. The fraction of sp³-hybridized carbons (Fsp3) is 0.857. The van der Waals surface area contributed by atoms with Crippen molar-refractivity contribution in [1.29, 1.82) is 0 Å². The van der Waals surface area contributed by atoms with E-state index in [2.05, 4.69) is 5.32 Å². The highest BCUT2D eigenvalue weighted by Gasteiger charge is 2.48. The van der Waals surface area contributed by atoms with E-state index in [-0.39, 0.29) is 6.03 Å². The molecule has 1 aliphatic heterocycles. The summed E-state index contributed by atoms with van der Waals surface area (Å²) in [6.45, 7) is 3.09. The van der Waals surface area contributed by atoms with Gasteiger partial charge in [-0.15, -0.1) is 0 Å². The van der Waals surface area contributed by atoms with Crippen LogP contribution in [0.1, 0.15) is 51.9 Å². The van der Waals surface area contributed by atoms with Crippen molar-refractivity contribution in [2.75, 3.05) is 13.1 Å². The molecule has 1 saturated carbocycles. The number of carboxylic acids is 1. The number of urea groups is 1. The summed E-state index contributed by atoms with van der Waals surface area (Å²) in [6, 6.07) is -0.200. The molecule has 5 nitrogen and oxygen atoms in total. The second-order valence-corrected chi connectivity index (χ2v) is 5.78. The molecule has 0 bridgehead atoms. The van der Waals surface area contributed by atoms with E-state index in [0.717, 1.165) is 6.42 Å². The largest absolute Gasteiger partial charge is 0.479 e. The lowest BCUT2D eigenvalue weighted by Crippen LogP contribution is -2.56. The first-order valence-corrected chi connectivity index (χ1v) is 7.39. The zero-order valence-corrected chi connectivity index (χ0v) is 11.7. The zero-order chi connectivity index (χ0) is 13.9. The SMILES string of the molecule is CCC1(C(=O)O)CCCN1C(=O)NCC1CCCC1. The van der Waals surface area contributed by atoms with Crippen LogP contribution in [0.25, 0.3) is 0 Å². The first kappa shape index (κ1) is 14.2. The van der Waals surface area contributed by atoms with Crippen molar-refractivity contribution in [3.63, 3.8) is 0 Å². The van der Waals surface area contributed by atoms with Gasteiger partial charge in [-0.2, -0.15) is 0 Å². The molecule has 1 aliphatic carbocycles. The Balaban J connectivity index is 1.95. The van der Waals surface area contributed by atoms with Crippen LogP contribution in [0.15, 0.2) is 0 Å². The Bertz CT molecular complexity index is 353. The lowest BCUT2D eigenvalue weighted by atomic mass is 9.93. The molecule has 2 rings (SSSR count). The van der Waals surface area contributed by atoms with E-state index < -0.39 is 11.5 Å². The molecule has 1 unspecified atom stereocenters. The second kappa shape index (κ2) is 5.80. The standard InChI is InChI=1S/C14H24N2O3/c1-2-14(12(17)18)8-5-9-16(14)13(19)15-10-11-6-3-4-7-11/h11H,2-10H2,1H3,(H,15,19)(H,17,18). The molecule has 0 aromatic heterocycles. The van der Waals surface area contributed by atoms with E-state index in [0.29, 0.717) is 31.8 Å². The summed E-state index contributed by atoms with van der Waals surface area (Å²) in [4.78, 5) is 25.3. The fourth-order valence-electron chi connectivity index (χ4n) is 3.46. The van der Waals surface area contributed by atoms with Gasteiger partial charge in [0.2, 0.25) is 0 Å². The molecule has 19 heavy (non-hydrogen) atoms. The van der Waals surface area contributed by atoms with Crippen molar-refractivity contribution in [3.05, 3.63) is 0 Å². The number of hydrogen-bond acceptors (Lipinski definition) is 2. The van der Waals surface area contributed by atoms with Gasteiger partial charge in [-0.25, -0.2) is 9.59 Å². The number of carbonyl (C=O) groups excluding carboxylic acids is 1. The highest BCUT2D eigenvalue weighted by atomic mass is 16.4. The van der Waals surface area contributed by atoms with E-state index in [1.165, 1.54) is 30.6 Å². The third kappa shape index (κ3) is 2.69. The minimum Gasteiger partial charge on any atom is -0.479 e. The van der Waals surface area contributed by atoms with E-state index >= 15 is 0 Å². The van der Waals surface area contributed by atoms with Crippen LogP contribution in [0.3, 0.4) is 0 Å². The number of amides is 2. The average molecular weight is 268 g/mol. The maximum atomic E-state index is 12.2. The van der Waals surface area contributed by atoms with Gasteiger partial charge >= 0.3 is 12.0 Å². The number of rotatable bonds is 4. The lowest BCUT2D eigenvalue weighted by Gasteiger charge is -2.34. The summed E-state index contributed by atoms with van der Waals surface area (Å²) in [5, 5.41) is 12.4. The summed E-state index contributed by atoms with van der Waals surface area (Å²) in [5.74, 6) is -0.295. The van der Waals surface area contributed by atoms with Gasteiger partial charge in [0.15, 0.2) is 0 Å². The number of carbonyl (C=O) groups is 2. The van der Waals surface area contributed by atoms with E-state index in [9.17, 15) is 14.7 Å². The number of hydrogen-bond donors (Lipinski definition) is 2. The van der Waals surface area contributed by atoms with Crippen LogP contribution in [0.4, 0.5) is 4.79 Å². The minimum atomic E-state index is -0.986. The molecule has 2 aliphatic rings. The molecule has 1 saturated heterocycles. The van der Waals surface area contributed by atoms with Crippen LogP contribution in [0.5, 0.6) is 0 Å². The topological polar surface area (TPSA) is 69.6 Å². The monoisotopic (exact) mass is 268 g/mol. The number of nitrogens with one attached hydrogen (secondary N) is 1. The second-order valence-electron chi connectivity index (χ2n) is 5.78. The van der Waals surface area contributed by atoms with Gasteiger partial charge in [0.1, 0.15) is 5.54 Å². The maximum Gasteiger partial charge on any atom is 0.329 e. The minimum absolute atomic E-state index is 0.200. The van der Waals surface area contributed by atoms with Gasteiger partial charge in [0.25, 0.3) is 0 Å². The predicted molar refractivity (Wildman–Crippen MR) is 72.0 cm³/mol. The Morgan fingerprint density at radius 2 is 2.00 bits per heavy atom. The van der Waals surface area contributed by atoms with E-state index in [4.69, 9.17) is 0 Å². The summed E-state index contributed by atoms with van der Waals surface area (Å²) in [5.41, 5.74) is -0.986. The zero-order valence-electron chi connectivity index (χ0n) is 11.7. The van der Waals surface area contributed by atoms with Gasteiger partial charge < -0.3 is 15.3 Å². The molecule has 108 valence electrons. The first-order chi connectivity index (χ1) is 9.10. The Kier molecular flexibility index (Phi) is 4.32. The first-order valence-electron chi connectivity index (χ1n) is 7.39. The fourth-order valence-corrected chi connectivity index (χ4v) is 3.46. The van der Waals surface area contributed by atoms with Crippen LogP contribution >= 0.6 is 0 Å². The molecule has 0 spiro atoms. The quantitative estimate of drug-likeness (QED) is 0.821. The molecule has 1 atom stereocenters. The summed E-state index contributed by atoms with van der Waals surface area (Å²) in [7, 11) is 0. The van der Waals surface area contributed by atoms with Crippen molar-refractivity contribution in [2.45, 2.75) is 57.4 Å². The van der Waals surface area contributed by atoms with Crippen LogP contribution in [-0.2, 0) is 4.79 Å². The van der Waals surface area contributed by atoms with Gasteiger partial charge in [-0.05, 0) is 38.0 Å². The Labute approximate surface area is 114 Å². The summed E-state index contributed by atoms with van der Waals surface area (Å²) < 4.78 is 0. The summed E-state index contributed by atoms with van der Waals surface area (Å²) in [6.07, 6.45) is 6.67. The van der Waals surface area contributed by atoms with Gasteiger partial charge in [-0.3, -0.25) is 0 Å². The molecule has 0 aromatic rings. The van der Waals surface area contributed by atoms with Crippen LogP contribution in [-0.4, -0.2) is 40.6 Å². The van der Waals surface area contributed by atoms with Gasteiger partial charge in [0.05, 0.1) is 0 Å².